The molecule has 0 bridgehead atoms. The first kappa shape index (κ1) is 48.5. The molecule has 6 aromatic rings. The van der Waals surface area contributed by atoms with Crippen molar-refractivity contribution in [3.05, 3.63) is 131 Å². The summed E-state index contributed by atoms with van der Waals surface area (Å²) >= 11 is -0.358. The van der Waals surface area contributed by atoms with E-state index in [1.54, 1.807) is 10.5 Å². The van der Waals surface area contributed by atoms with Crippen LogP contribution in [-0.2, 0) is 31.7 Å². The molecule has 298 valence electrons. The van der Waals surface area contributed by atoms with Gasteiger partial charge in [0, 0.05) is 0 Å². The van der Waals surface area contributed by atoms with Gasteiger partial charge in [0.05, 0.1) is 0 Å². The molecule has 0 fully saturated rings. The Morgan fingerprint density at radius 2 is 0.875 bits per heavy atom. The van der Waals surface area contributed by atoms with E-state index in [1.165, 1.54) is 117 Å². The van der Waals surface area contributed by atoms with Gasteiger partial charge in [-0.25, -0.2) is 0 Å². The SMILES string of the molecule is CCCCC[CH2][Ge][CH2]CCCCC.Cc1cc2c(-c3ccc(C(C)(C)C)cc3)cccc2[cH-]1.Cc1cc2c(-c3ccc(C(C)(C)C)cc3)cccc2[cH-]1.[Cl][Zr+2][Cl]. The molecule has 0 nitrogen and oxygen atoms in total. The van der Waals surface area contributed by atoms with E-state index < -0.39 is 20.8 Å². The van der Waals surface area contributed by atoms with Crippen LogP contribution >= 0.6 is 17.0 Å². The van der Waals surface area contributed by atoms with Crippen LogP contribution in [0.25, 0.3) is 43.8 Å². The van der Waals surface area contributed by atoms with Crippen molar-refractivity contribution in [2.24, 2.45) is 0 Å². The molecule has 0 aliphatic carbocycles. The van der Waals surface area contributed by atoms with Crippen LogP contribution in [0.2, 0.25) is 10.5 Å². The van der Waals surface area contributed by atoms with Gasteiger partial charge in [0.2, 0.25) is 0 Å². The molecule has 0 aromatic heterocycles. The molecule has 0 saturated carbocycles. The van der Waals surface area contributed by atoms with Crippen molar-refractivity contribution in [1.82, 2.24) is 0 Å². The number of fused-ring (bicyclic) bond motifs is 2. The number of rotatable bonds is 12. The molecule has 6 rings (SSSR count). The van der Waals surface area contributed by atoms with E-state index in [0.717, 1.165) is 0 Å². The first-order chi connectivity index (χ1) is 26.7. The second-order valence-corrected chi connectivity index (χ2v) is 24.2. The van der Waals surface area contributed by atoms with E-state index in [2.05, 4.69) is 178 Å². The third-order valence-corrected chi connectivity index (χ3v) is 13.3. The average molecular weight is 928 g/mol. The van der Waals surface area contributed by atoms with Crippen LogP contribution in [0, 0.1) is 13.8 Å². The van der Waals surface area contributed by atoms with Crippen LogP contribution in [0.1, 0.15) is 129 Å². The van der Waals surface area contributed by atoms with Crippen molar-refractivity contribution in [3.8, 4) is 22.3 Å². The number of unbranched alkanes of at least 4 members (excludes halogenated alkanes) is 6. The zero-order valence-electron chi connectivity index (χ0n) is 36.2. The number of halogens is 2. The molecule has 4 heteroatoms. The van der Waals surface area contributed by atoms with Gasteiger partial charge < -0.3 is 0 Å². The first-order valence-corrected chi connectivity index (χ1v) is 30.2. The Balaban J connectivity index is 0.000000223. The molecule has 0 N–H and O–H groups in total. The van der Waals surface area contributed by atoms with Crippen LogP contribution in [0.5, 0.6) is 0 Å². The van der Waals surface area contributed by atoms with Crippen molar-refractivity contribution in [3.63, 3.8) is 0 Å². The summed E-state index contributed by atoms with van der Waals surface area (Å²) < 4.78 is 0. The van der Waals surface area contributed by atoms with E-state index in [9.17, 15) is 0 Å². The molecule has 2 radical (unpaired) electrons. The molecule has 0 spiro atoms. The van der Waals surface area contributed by atoms with Crippen LogP contribution < -0.4 is 0 Å². The van der Waals surface area contributed by atoms with Crippen LogP contribution in [0.4, 0.5) is 0 Å². The summed E-state index contributed by atoms with van der Waals surface area (Å²) in [6.45, 7) is 22.4. The number of hydrogen-bond acceptors (Lipinski definition) is 0. The van der Waals surface area contributed by atoms with E-state index in [1.807, 2.05) is 0 Å². The molecule has 0 saturated heterocycles. The van der Waals surface area contributed by atoms with Crippen molar-refractivity contribution < 1.29 is 20.8 Å². The number of aryl methyl sites for hydroxylation is 2. The Morgan fingerprint density at radius 3 is 1.20 bits per heavy atom. The minimum absolute atomic E-state index is 0.210. The summed E-state index contributed by atoms with van der Waals surface area (Å²) in [6.07, 6.45) is 11.7. The average Bonchev–Trinajstić information content (AvgIpc) is 3.75. The Labute approximate surface area is 367 Å². The van der Waals surface area contributed by atoms with Gasteiger partial charge in [0.25, 0.3) is 0 Å². The molecule has 0 heterocycles. The zero-order valence-corrected chi connectivity index (χ0v) is 42.3. The fourth-order valence-electron chi connectivity index (χ4n) is 7.05. The van der Waals surface area contributed by atoms with Crippen molar-refractivity contribution in [2.45, 2.75) is 142 Å². The standard InChI is InChI=1S/2C20H21.C12H26Ge.2ClH.Zr/c2*1-14-12-16-6-5-7-18(19(16)13-14)15-8-10-17(11-9-15)20(2,3)4;1-3-5-7-9-11-13-12-10-8-6-4-2;;;/h2*5-13H,1-4H3;3-12H2,1-2H3;2*1H;/q2*-1;;;;+4/p-2. The van der Waals surface area contributed by atoms with Crippen molar-refractivity contribution in [2.75, 3.05) is 0 Å². The van der Waals surface area contributed by atoms with Gasteiger partial charge in [0.15, 0.2) is 0 Å². The monoisotopic (exact) mass is 926 g/mol. The molecule has 0 unspecified atom stereocenters. The summed E-state index contributed by atoms with van der Waals surface area (Å²) in [5, 5.41) is 8.58. The molecular weight excluding hydrogens is 859 g/mol. The van der Waals surface area contributed by atoms with E-state index in [4.69, 9.17) is 17.0 Å². The second-order valence-electron chi connectivity index (χ2n) is 17.3. The number of benzene rings is 4. The van der Waals surface area contributed by atoms with Gasteiger partial charge in [-0.1, -0.05) is 127 Å². The Morgan fingerprint density at radius 1 is 0.518 bits per heavy atom. The topological polar surface area (TPSA) is 0 Å². The molecule has 0 atom stereocenters. The molecule has 0 aliphatic rings. The van der Waals surface area contributed by atoms with Crippen LogP contribution in [0.15, 0.2) is 109 Å². The predicted octanol–water partition coefficient (Wildman–Crippen LogP) is 17.7. The molecule has 0 amide bonds. The fraction of sp³-hybridized carbons (Fsp3) is 0.423. The third kappa shape index (κ3) is 16.0. The number of hydrogen-bond donors (Lipinski definition) is 0. The minimum atomic E-state index is -0.826. The Kier molecular flexibility index (Phi) is 21.5. The fourth-order valence-corrected chi connectivity index (χ4v) is 9.67. The summed E-state index contributed by atoms with van der Waals surface area (Å²) in [5.41, 5.74) is 11.1. The third-order valence-electron chi connectivity index (χ3n) is 10.3. The van der Waals surface area contributed by atoms with E-state index >= 15 is 0 Å². The molecule has 56 heavy (non-hydrogen) atoms. The normalized spacial score (nSPS) is 11.2. The van der Waals surface area contributed by atoms with Gasteiger partial charge >= 0.3 is 129 Å². The van der Waals surface area contributed by atoms with Gasteiger partial charge in [-0.15, -0.1) is 69.1 Å². The van der Waals surface area contributed by atoms with Crippen LogP contribution in [0.3, 0.4) is 0 Å². The van der Waals surface area contributed by atoms with Gasteiger partial charge in [-0.05, 0) is 33.1 Å². The van der Waals surface area contributed by atoms with E-state index in [-0.39, 0.29) is 10.8 Å². The quantitative estimate of drug-likeness (QED) is 0.0652. The van der Waals surface area contributed by atoms with Crippen molar-refractivity contribution >= 4 is 54.0 Å². The van der Waals surface area contributed by atoms with Gasteiger partial charge in [0.1, 0.15) is 0 Å². The zero-order chi connectivity index (χ0) is 41.1. The van der Waals surface area contributed by atoms with E-state index in [0.29, 0.717) is 15.4 Å². The summed E-state index contributed by atoms with van der Waals surface area (Å²) in [4.78, 5) is 0. The van der Waals surface area contributed by atoms with Crippen LogP contribution in [-0.4, -0.2) is 15.4 Å². The maximum absolute atomic E-state index is 4.93. The molecule has 6 aromatic carbocycles. The maximum atomic E-state index is 4.93. The molecule has 0 aliphatic heterocycles. The first-order valence-electron chi connectivity index (χ1n) is 20.9. The summed E-state index contributed by atoms with van der Waals surface area (Å²) in [5.74, 6) is 0. The second kappa shape index (κ2) is 24.9. The Hall–Kier alpha value is -1.89. The van der Waals surface area contributed by atoms with Gasteiger partial charge in [-0.3, -0.25) is 0 Å². The van der Waals surface area contributed by atoms with Crippen molar-refractivity contribution in [1.29, 1.82) is 0 Å². The summed E-state index contributed by atoms with van der Waals surface area (Å²) in [6, 6.07) is 40.2. The Bertz CT molecular complexity index is 1820. The molecular formula is C52H68Cl2GeZr. The summed E-state index contributed by atoms with van der Waals surface area (Å²) in [7, 11) is 9.87. The van der Waals surface area contributed by atoms with Gasteiger partial charge in [-0.2, -0.15) is 12.1 Å². The predicted molar refractivity (Wildman–Crippen MR) is 252 cm³/mol.